The second-order valence-corrected chi connectivity index (χ2v) is 4.71. The third-order valence-electron chi connectivity index (χ3n) is 2.89. The number of hydrogen-bond acceptors (Lipinski definition) is 2. The largest absolute Gasteiger partial charge is 0.342 e. The molecule has 0 radical (unpaired) electrons. The molecular formula is C13H24N2O. The van der Waals surface area contributed by atoms with Crippen LogP contribution in [0.2, 0.25) is 0 Å². The van der Waals surface area contributed by atoms with Crippen LogP contribution >= 0.6 is 0 Å². The van der Waals surface area contributed by atoms with Crippen LogP contribution in [0.3, 0.4) is 0 Å². The van der Waals surface area contributed by atoms with Gasteiger partial charge < -0.3 is 10.2 Å². The van der Waals surface area contributed by atoms with Gasteiger partial charge in [0.05, 0.1) is 6.54 Å². The second-order valence-electron chi connectivity index (χ2n) is 4.71. The van der Waals surface area contributed by atoms with Crippen LogP contribution in [0.1, 0.15) is 39.5 Å². The van der Waals surface area contributed by atoms with E-state index >= 15 is 0 Å². The number of allylic oxidation sites excluding steroid dienone is 1. The Kier molecular flexibility index (Phi) is 6.16. The lowest BCUT2D eigenvalue weighted by atomic mass is 10.2. The van der Waals surface area contributed by atoms with Gasteiger partial charge in [0.15, 0.2) is 0 Å². The van der Waals surface area contributed by atoms with E-state index in [1.807, 2.05) is 4.90 Å². The van der Waals surface area contributed by atoms with Crippen molar-refractivity contribution in [3.05, 3.63) is 11.6 Å². The van der Waals surface area contributed by atoms with Gasteiger partial charge in [-0.25, -0.2) is 0 Å². The summed E-state index contributed by atoms with van der Waals surface area (Å²) in [7, 11) is 0. The smallest absolute Gasteiger partial charge is 0.236 e. The fourth-order valence-corrected chi connectivity index (χ4v) is 1.89. The number of nitrogens with one attached hydrogen (secondary N) is 1. The highest BCUT2D eigenvalue weighted by Gasteiger charge is 2.14. The van der Waals surface area contributed by atoms with E-state index < -0.39 is 0 Å². The fraction of sp³-hybridized carbons (Fsp3) is 0.769. The van der Waals surface area contributed by atoms with Crippen molar-refractivity contribution in [2.75, 3.05) is 26.2 Å². The first-order valence-electron chi connectivity index (χ1n) is 6.32. The third-order valence-corrected chi connectivity index (χ3v) is 2.89. The molecule has 0 unspecified atom stereocenters. The highest BCUT2D eigenvalue weighted by atomic mass is 16.2. The molecule has 0 aliphatic carbocycles. The molecule has 1 N–H and O–H groups in total. The second kappa shape index (κ2) is 7.44. The van der Waals surface area contributed by atoms with Crippen LogP contribution in [0.5, 0.6) is 0 Å². The molecule has 1 heterocycles. The minimum absolute atomic E-state index is 0.254. The van der Waals surface area contributed by atoms with Gasteiger partial charge in [-0.1, -0.05) is 24.5 Å². The highest BCUT2D eigenvalue weighted by Crippen LogP contribution is 2.09. The van der Waals surface area contributed by atoms with Crippen molar-refractivity contribution in [3.63, 3.8) is 0 Å². The zero-order valence-electron chi connectivity index (χ0n) is 10.6. The SMILES string of the molecule is CC(C)=CCNCC(=O)N1CCCCCC1. The molecule has 0 spiro atoms. The Hall–Kier alpha value is -0.830. The van der Waals surface area contributed by atoms with Crippen molar-refractivity contribution >= 4 is 5.91 Å². The Morgan fingerprint density at radius 2 is 1.81 bits per heavy atom. The summed E-state index contributed by atoms with van der Waals surface area (Å²) < 4.78 is 0. The number of nitrogens with zero attached hydrogens (tertiary/aromatic N) is 1. The highest BCUT2D eigenvalue weighted by molar-refractivity contribution is 5.78. The number of likely N-dealkylation sites (tertiary alicyclic amines) is 1. The molecule has 1 saturated heterocycles. The minimum atomic E-state index is 0.254. The number of carbonyl (C=O) groups is 1. The van der Waals surface area contributed by atoms with Crippen LogP contribution in [0.25, 0.3) is 0 Å². The van der Waals surface area contributed by atoms with Crippen LogP contribution < -0.4 is 5.32 Å². The van der Waals surface area contributed by atoms with Crippen molar-refractivity contribution in [1.82, 2.24) is 10.2 Å². The normalized spacial score (nSPS) is 16.8. The first kappa shape index (κ1) is 13.2. The molecule has 0 aromatic heterocycles. The van der Waals surface area contributed by atoms with E-state index in [0.29, 0.717) is 6.54 Å². The summed E-state index contributed by atoms with van der Waals surface area (Å²) in [6, 6.07) is 0. The van der Waals surface area contributed by atoms with Gasteiger partial charge >= 0.3 is 0 Å². The molecule has 3 heteroatoms. The molecule has 1 aliphatic heterocycles. The standard InChI is InChI=1S/C13H24N2O/c1-12(2)7-8-14-11-13(16)15-9-5-3-4-6-10-15/h7,14H,3-6,8-11H2,1-2H3. The van der Waals surface area contributed by atoms with E-state index in [-0.39, 0.29) is 5.91 Å². The van der Waals surface area contributed by atoms with Crippen LogP contribution in [0.15, 0.2) is 11.6 Å². The van der Waals surface area contributed by atoms with Crippen LogP contribution in [-0.4, -0.2) is 37.0 Å². The van der Waals surface area contributed by atoms with Crippen LogP contribution in [-0.2, 0) is 4.79 Å². The van der Waals surface area contributed by atoms with E-state index in [4.69, 9.17) is 0 Å². The molecule has 16 heavy (non-hydrogen) atoms. The summed E-state index contributed by atoms with van der Waals surface area (Å²) >= 11 is 0. The molecule has 3 nitrogen and oxygen atoms in total. The van der Waals surface area contributed by atoms with Crippen molar-refractivity contribution in [1.29, 1.82) is 0 Å². The molecule has 0 aromatic carbocycles. The first-order chi connectivity index (χ1) is 7.70. The summed E-state index contributed by atoms with van der Waals surface area (Å²) in [5.74, 6) is 0.254. The van der Waals surface area contributed by atoms with Crippen molar-refractivity contribution in [2.24, 2.45) is 0 Å². The maximum atomic E-state index is 11.8. The Morgan fingerprint density at radius 3 is 2.38 bits per heavy atom. The zero-order chi connectivity index (χ0) is 11.8. The summed E-state index contributed by atoms with van der Waals surface area (Å²) in [6.07, 6.45) is 6.99. The molecule has 0 saturated carbocycles. The van der Waals surface area contributed by atoms with E-state index in [1.54, 1.807) is 0 Å². The monoisotopic (exact) mass is 224 g/mol. The van der Waals surface area contributed by atoms with Gasteiger partial charge in [0, 0.05) is 19.6 Å². The van der Waals surface area contributed by atoms with Gasteiger partial charge in [-0.2, -0.15) is 0 Å². The van der Waals surface area contributed by atoms with Gasteiger partial charge in [-0.15, -0.1) is 0 Å². The van der Waals surface area contributed by atoms with Gasteiger partial charge in [0.2, 0.25) is 5.91 Å². The molecule has 1 fully saturated rings. The van der Waals surface area contributed by atoms with Gasteiger partial charge in [-0.3, -0.25) is 4.79 Å². The van der Waals surface area contributed by atoms with Crippen molar-refractivity contribution in [2.45, 2.75) is 39.5 Å². The minimum Gasteiger partial charge on any atom is -0.342 e. The predicted molar refractivity (Wildman–Crippen MR) is 67.3 cm³/mol. The van der Waals surface area contributed by atoms with Crippen LogP contribution in [0.4, 0.5) is 0 Å². The molecular weight excluding hydrogens is 200 g/mol. The Labute approximate surface area is 98.9 Å². The summed E-state index contributed by atoms with van der Waals surface area (Å²) in [6.45, 7) is 7.30. The fourth-order valence-electron chi connectivity index (χ4n) is 1.89. The maximum absolute atomic E-state index is 11.8. The van der Waals surface area contributed by atoms with Crippen molar-refractivity contribution in [3.8, 4) is 0 Å². The van der Waals surface area contributed by atoms with Crippen molar-refractivity contribution < 1.29 is 4.79 Å². The quantitative estimate of drug-likeness (QED) is 0.584. The number of rotatable bonds is 4. The lowest BCUT2D eigenvalue weighted by Gasteiger charge is -2.20. The topological polar surface area (TPSA) is 32.3 Å². The zero-order valence-corrected chi connectivity index (χ0v) is 10.6. The number of carbonyl (C=O) groups excluding carboxylic acids is 1. The number of amides is 1. The summed E-state index contributed by atoms with van der Waals surface area (Å²) in [5, 5.41) is 3.17. The van der Waals surface area contributed by atoms with E-state index in [0.717, 1.165) is 19.6 Å². The summed E-state index contributed by atoms with van der Waals surface area (Å²) in [5.41, 5.74) is 1.29. The number of hydrogen-bond donors (Lipinski definition) is 1. The molecule has 1 rings (SSSR count). The molecule has 0 atom stereocenters. The Balaban J connectivity index is 2.20. The van der Waals surface area contributed by atoms with E-state index in [1.165, 1.54) is 31.3 Å². The van der Waals surface area contributed by atoms with E-state index in [2.05, 4.69) is 25.2 Å². The van der Waals surface area contributed by atoms with Gasteiger partial charge in [0.25, 0.3) is 0 Å². The van der Waals surface area contributed by atoms with Crippen LogP contribution in [0, 0.1) is 0 Å². The molecule has 1 amide bonds. The maximum Gasteiger partial charge on any atom is 0.236 e. The van der Waals surface area contributed by atoms with Gasteiger partial charge in [0.1, 0.15) is 0 Å². The third kappa shape index (κ3) is 5.31. The predicted octanol–water partition coefficient (Wildman–Crippen LogP) is 1.94. The molecule has 92 valence electrons. The average molecular weight is 224 g/mol. The van der Waals surface area contributed by atoms with E-state index in [9.17, 15) is 4.79 Å². The Morgan fingerprint density at radius 1 is 1.19 bits per heavy atom. The molecule has 0 aromatic rings. The lowest BCUT2D eigenvalue weighted by Crippen LogP contribution is -2.38. The average Bonchev–Trinajstić information content (AvgIpc) is 2.52. The molecule has 0 bridgehead atoms. The first-order valence-corrected chi connectivity index (χ1v) is 6.32. The lowest BCUT2D eigenvalue weighted by molar-refractivity contribution is -0.130. The molecule has 1 aliphatic rings. The summed E-state index contributed by atoms with van der Waals surface area (Å²) in [4.78, 5) is 13.8. The van der Waals surface area contributed by atoms with Gasteiger partial charge in [-0.05, 0) is 26.7 Å². The Bertz CT molecular complexity index is 236.